The molecular formula is C52H92. The number of fused-ring (bicyclic) bond motifs is 1. The highest BCUT2D eigenvalue weighted by Crippen LogP contribution is 2.27. The minimum atomic E-state index is 1.27. The van der Waals surface area contributed by atoms with Gasteiger partial charge in [-0.3, -0.25) is 0 Å². The van der Waals surface area contributed by atoms with E-state index < -0.39 is 0 Å². The van der Waals surface area contributed by atoms with E-state index in [2.05, 4.69) is 50.2 Å². The number of aryl methyl sites for hydroxylation is 2. The molecule has 0 N–H and O–H groups in total. The van der Waals surface area contributed by atoms with Gasteiger partial charge in [0.2, 0.25) is 0 Å². The fourth-order valence-corrected chi connectivity index (χ4v) is 8.68. The Hall–Kier alpha value is -1.30. The maximum Gasteiger partial charge on any atom is -0.0149 e. The third-order valence-electron chi connectivity index (χ3n) is 12.2. The maximum absolute atomic E-state index is 2.47. The average Bonchev–Trinajstić information content (AvgIpc) is 3.17. The molecule has 0 bridgehead atoms. The minimum absolute atomic E-state index is 1.27. The molecule has 0 saturated heterocycles. The van der Waals surface area contributed by atoms with Crippen LogP contribution in [0.1, 0.15) is 269 Å². The number of rotatable bonds is 40. The highest BCUT2D eigenvalue weighted by atomic mass is 14.1. The first-order chi connectivity index (χ1) is 25.9. The second kappa shape index (κ2) is 36.7. The fourth-order valence-electron chi connectivity index (χ4n) is 8.68. The van der Waals surface area contributed by atoms with E-state index in [1.807, 2.05) is 0 Å². The molecule has 2 aromatic carbocycles. The molecule has 2 aromatic rings. The van der Waals surface area contributed by atoms with Crippen molar-refractivity contribution in [1.29, 1.82) is 0 Å². The van der Waals surface area contributed by atoms with E-state index in [1.165, 1.54) is 268 Å². The largest absolute Gasteiger partial charge is 0.0654 e. The van der Waals surface area contributed by atoms with Crippen molar-refractivity contribution in [3.05, 3.63) is 47.5 Å². The molecule has 0 saturated carbocycles. The predicted octanol–water partition coefficient (Wildman–Crippen LogP) is 18.8. The van der Waals surface area contributed by atoms with Gasteiger partial charge in [0.15, 0.2) is 0 Å². The smallest absolute Gasteiger partial charge is 0.0149 e. The second-order valence-electron chi connectivity index (χ2n) is 17.2. The molecule has 0 radical (unpaired) electrons. The fraction of sp³-hybridized carbons (Fsp3) is 0.808. The van der Waals surface area contributed by atoms with Gasteiger partial charge < -0.3 is 0 Å². The molecule has 0 aliphatic rings. The Bertz CT molecular complexity index is 1000. The molecule has 0 aliphatic heterocycles. The summed E-state index contributed by atoms with van der Waals surface area (Å²) in [6.07, 6.45) is 57.7. The summed E-state index contributed by atoms with van der Waals surface area (Å²) in [5.41, 5.74) is 3.32. The summed E-state index contributed by atoms with van der Waals surface area (Å²) in [5, 5.41) is 2.97. The van der Waals surface area contributed by atoms with Crippen molar-refractivity contribution in [3.63, 3.8) is 0 Å². The molecule has 0 atom stereocenters. The van der Waals surface area contributed by atoms with Crippen LogP contribution in [0.25, 0.3) is 10.8 Å². The van der Waals surface area contributed by atoms with E-state index in [0.29, 0.717) is 0 Å². The summed E-state index contributed by atoms with van der Waals surface area (Å²) in [4.78, 5) is 0. The number of unbranched alkanes of at least 4 members (excludes halogenated alkanes) is 36. The van der Waals surface area contributed by atoms with Crippen molar-refractivity contribution in [2.24, 2.45) is 0 Å². The summed E-state index contributed by atoms with van der Waals surface area (Å²) >= 11 is 0. The topological polar surface area (TPSA) is 0 Å². The lowest BCUT2D eigenvalue weighted by Crippen LogP contribution is -1.97. The zero-order chi connectivity index (χ0) is 36.8. The lowest BCUT2D eigenvalue weighted by molar-refractivity contribution is 0.522. The molecule has 0 amide bonds. The van der Waals surface area contributed by atoms with Crippen molar-refractivity contribution in [3.8, 4) is 0 Å². The van der Waals surface area contributed by atoms with Crippen molar-refractivity contribution in [2.75, 3.05) is 0 Å². The van der Waals surface area contributed by atoms with Crippen LogP contribution in [0.4, 0.5) is 0 Å². The van der Waals surface area contributed by atoms with Crippen LogP contribution in [-0.2, 0) is 12.8 Å². The molecule has 52 heavy (non-hydrogen) atoms. The lowest BCUT2D eigenvalue weighted by Gasteiger charge is -2.14. The first-order valence-electron chi connectivity index (χ1n) is 24.4. The molecule has 0 aliphatic carbocycles. The van der Waals surface area contributed by atoms with Crippen molar-refractivity contribution in [1.82, 2.24) is 0 Å². The number of benzene rings is 2. The molecule has 0 heterocycles. The molecule has 0 spiro atoms. The zero-order valence-corrected chi connectivity index (χ0v) is 35.7. The van der Waals surface area contributed by atoms with Gasteiger partial charge in [-0.2, -0.15) is 0 Å². The summed E-state index contributed by atoms with van der Waals surface area (Å²) < 4.78 is 0. The Labute approximate surface area is 327 Å². The second-order valence-corrected chi connectivity index (χ2v) is 17.2. The highest BCUT2D eigenvalue weighted by Gasteiger charge is 2.08. The standard InChI is InChI=1S/C52H92/c1-3-5-7-9-11-13-15-17-19-21-23-25-27-29-31-33-35-37-39-43-49-47-48-50-44-41-42-46-52(50)51(49)45-40-38-36-34-32-30-28-26-24-22-20-18-16-14-12-10-8-6-4-2/h41-42,44,46-48H,3-40,43,45H2,1-2H3. The van der Waals surface area contributed by atoms with Crippen LogP contribution in [0.15, 0.2) is 36.4 Å². The Morgan fingerprint density at radius 3 is 0.904 bits per heavy atom. The Kier molecular flexibility index (Phi) is 33.0. The predicted molar refractivity (Wildman–Crippen MR) is 238 cm³/mol. The van der Waals surface area contributed by atoms with E-state index in [-0.39, 0.29) is 0 Å². The highest BCUT2D eigenvalue weighted by molar-refractivity contribution is 5.86. The monoisotopic (exact) mass is 717 g/mol. The normalized spacial score (nSPS) is 11.7. The maximum atomic E-state index is 2.47. The molecular weight excluding hydrogens is 625 g/mol. The van der Waals surface area contributed by atoms with Crippen molar-refractivity contribution in [2.45, 2.75) is 271 Å². The Morgan fingerprint density at radius 2 is 0.558 bits per heavy atom. The average molecular weight is 717 g/mol. The lowest BCUT2D eigenvalue weighted by atomic mass is 9.91. The first-order valence-corrected chi connectivity index (χ1v) is 24.4. The zero-order valence-electron chi connectivity index (χ0n) is 35.7. The number of hydrogen-bond acceptors (Lipinski definition) is 0. The molecule has 0 unspecified atom stereocenters. The summed E-state index contributed by atoms with van der Waals surface area (Å²) in [6, 6.07) is 14.0. The van der Waals surface area contributed by atoms with Gasteiger partial charge in [-0.25, -0.2) is 0 Å². The van der Waals surface area contributed by atoms with Gasteiger partial charge >= 0.3 is 0 Å². The van der Waals surface area contributed by atoms with Crippen LogP contribution in [0, 0.1) is 0 Å². The van der Waals surface area contributed by atoms with E-state index in [1.54, 1.807) is 11.1 Å². The van der Waals surface area contributed by atoms with Gasteiger partial charge in [-0.05, 0) is 47.6 Å². The van der Waals surface area contributed by atoms with Crippen molar-refractivity contribution < 1.29 is 0 Å². The van der Waals surface area contributed by atoms with Crippen molar-refractivity contribution >= 4 is 10.8 Å². The van der Waals surface area contributed by atoms with Gasteiger partial charge in [0.05, 0.1) is 0 Å². The van der Waals surface area contributed by atoms with E-state index in [4.69, 9.17) is 0 Å². The number of hydrogen-bond donors (Lipinski definition) is 0. The third kappa shape index (κ3) is 26.5. The van der Waals surface area contributed by atoms with Crippen LogP contribution in [0.3, 0.4) is 0 Å². The molecule has 0 aromatic heterocycles. The van der Waals surface area contributed by atoms with E-state index >= 15 is 0 Å². The molecule has 2 rings (SSSR count). The van der Waals surface area contributed by atoms with Crippen LogP contribution in [0.2, 0.25) is 0 Å². The van der Waals surface area contributed by atoms with E-state index in [0.717, 1.165) is 0 Å². The first kappa shape index (κ1) is 46.9. The molecule has 0 fully saturated rings. The summed E-state index contributed by atoms with van der Waals surface area (Å²) in [7, 11) is 0. The van der Waals surface area contributed by atoms with Gasteiger partial charge in [-0.1, -0.05) is 281 Å². The Morgan fingerprint density at radius 1 is 0.269 bits per heavy atom. The van der Waals surface area contributed by atoms with E-state index in [9.17, 15) is 0 Å². The summed E-state index contributed by atoms with van der Waals surface area (Å²) in [5.74, 6) is 0. The van der Waals surface area contributed by atoms with Gasteiger partial charge in [0, 0.05) is 0 Å². The minimum Gasteiger partial charge on any atom is -0.0654 e. The SMILES string of the molecule is CCCCCCCCCCCCCCCCCCCCCc1ccc2ccccc2c1CCCCCCCCCCCCCCCCCCCCC. The summed E-state index contributed by atoms with van der Waals surface area (Å²) in [6.45, 7) is 4.62. The quantitative estimate of drug-likeness (QED) is 0.0602. The van der Waals surface area contributed by atoms with Crippen LogP contribution < -0.4 is 0 Å². The molecule has 0 nitrogen and oxygen atoms in total. The molecule has 0 heteroatoms. The van der Waals surface area contributed by atoms with Crippen LogP contribution in [-0.4, -0.2) is 0 Å². The Balaban J connectivity index is 1.44. The van der Waals surface area contributed by atoms with Gasteiger partial charge in [-0.15, -0.1) is 0 Å². The third-order valence-corrected chi connectivity index (χ3v) is 12.2. The molecule has 300 valence electrons. The van der Waals surface area contributed by atoms with Crippen LogP contribution >= 0.6 is 0 Å². The van der Waals surface area contributed by atoms with Crippen LogP contribution in [0.5, 0.6) is 0 Å². The van der Waals surface area contributed by atoms with Gasteiger partial charge in [0.25, 0.3) is 0 Å². The van der Waals surface area contributed by atoms with Gasteiger partial charge in [0.1, 0.15) is 0 Å².